The van der Waals surface area contributed by atoms with Gasteiger partial charge in [0.15, 0.2) is 0 Å². The minimum Gasteiger partial charge on any atom is -0.348 e. The van der Waals surface area contributed by atoms with Crippen molar-refractivity contribution in [1.29, 1.82) is 0 Å². The molecule has 0 bridgehead atoms. The van der Waals surface area contributed by atoms with E-state index in [0.29, 0.717) is 6.42 Å². The molecule has 1 unspecified atom stereocenters. The number of benzene rings is 1. The zero-order valence-electron chi connectivity index (χ0n) is 10.8. The predicted octanol–water partition coefficient (Wildman–Crippen LogP) is 1.98. The number of aromatic amines is 1. The van der Waals surface area contributed by atoms with E-state index in [9.17, 15) is 8.78 Å². The Balaban J connectivity index is 1.82. The van der Waals surface area contributed by atoms with E-state index in [0.717, 1.165) is 23.9 Å². The molecule has 0 aliphatic carbocycles. The Labute approximate surface area is 118 Å². The van der Waals surface area contributed by atoms with E-state index in [1.54, 1.807) is 6.20 Å². The summed E-state index contributed by atoms with van der Waals surface area (Å²) >= 11 is 0. The van der Waals surface area contributed by atoms with E-state index in [4.69, 9.17) is 10.3 Å². The largest absolute Gasteiger partial charge is 0.348 e. The molecular weight excluding hydrogens is 280 g/mol. The lowest BCUT2D eigenvalue weighted by molar-refractivity contribution is 0.354. The van der Waals surface area contributed by atoms with Crippen molar-refractivity contribution >= 4 is 0 Å². The highest BCUT2D eigenvalue weighted by atomic mass is 19.1. The average Bonchev–Trinajstić information content (AvgIpc) is 3.08. The summed E-state index contributed by atoms with van der Waals surface area (Å²) in [5.74, 6) is -1.15. The third kappa shape index (κ3) is 2.95. The van der Waals surface area contributed by atoms with Crippen LogP contribution in [0.25, 0.3) is 11.4 Å². The molecule has 0 aliphatic rings. The molecule has 108 valence electrons. The van der Waals surface area contributed by atoms with Gasteiger partial charge in [-0.15, -0.1) is 0 Å². The Morgan fingerprint density at radius 3 is 2.67 bits per heavy atom. The second kappa shape index (κ2) is 5.41. The van der Waals surface area contributed by atoms with E-state index >= 15 is 0 Å². The topological polar surface area (TPSA) is 93.6 Å². The minimum absolute atomic E-state index is 0.0865. The van der Waals surface area contributed by atoms with Crippen molar-refractivity contribution in [2.45, 2.75) is 12.5 Å². The normalized spacial score (nSPS) is 12.5. The van der Waals surface area contributed by atoms with Gasteiger partial charge in [-0.3, -0.25) is 0 Å². The molecule has 2 heterocycles. The standard InChI is InChI=1S/C13H11F2N5O/c14-8-1-7(2-9(15)3-8)12-19-13(21-20-12)11(16)4-10-5-17-6-18-10/h1-3,5-6,11H,4,16H2,(H,17,18). The van der Waals surface area contributed by atoms with Crippen LogP contribution in [-0.4, -0.2) is 20.1 Å². The van der Waals surface area contributed by atoms with E-state index in [-0.39, 0.29) is 17.3 Å². The molecule has 0 aliphatic heterocycles. The van der Waals surface area contributed by atoms with E-state index < -0.39 is 17.7 Å². The fourth-order valence-electron chi connectivity index (χ4n) is 1.91. The van der Waals surface area contributed by atoms with E-state index in [2.05, 4.69) is 20.1 Å². The number of nitrogens with two attached hydrogens (primary N) is 1. The zero-order valence-corrected chi connectivity index (χ0v) is 10.8. The van der Waals surface area contributed by atoms with Gasteiger partial charge in [0, 0.05) is 29.9 Å². The maximum Gasteiger partial charge on any atom is 0.244 e. The van der Waals surface area contributed by atoms with Crippen LogP contribution in [0.2, 0.25) is 0 Å². The molecule has 8 heteroatoms. The van der Waals surface area contributed by atoms with Gasteiger partial charge in [-0.2, -0.15) is 4.98 Å². The molecule has 3 N–H and O–H groups in total. The van der Waals surface area contributed by atoms with Crippen molar-refractivity contribution in [2.75, 3.05) is 0 Å². The number of rotatable bonds is 4. The lowest BCUT2D eigenvalue weighted by Gasteiger charge is -2.03. The summed E-state index contributed by atoms with van der Waals surface area (Å²) in [6, 6.07) is 2.48. The molecule has 21 heavy (non-hydrogen) atoms. The van der Waals surface area contributed by atoms with Crippen molar-refractivity contribution in [3.8, 4) is 11.4 Å². The summed E-state index contributed by atoms with van der Waals surface area (Å²) in [6.07, 6.45) is 3.61. The maximum atomic E-state index is 13.2. The molecule has 0 radical (unpaired) electrons. The lowest BCUT2D eigenvalue weighted by Crippen LogP contribution is -2.14. The van der Waals surface area contributed by atoms with Gasteiger partial charge in [-0.05, 0) is 12.1 Å². The molecule has 0 saturated heterocycles. The Morgan fingerprint density at radius 2 is 2.00 bits per heavy atom. The first-order valence-electron chi connectivity index (χ1n) is 6.15. The molecule has 0 spiro atoms. The van der Waals surface area contributed by atoms with Gasteiger partial charge in [0.1, 0.15) is 11.6 Å². The summed E-state index contributed by atoms with van der Waals surface area (Å²) in [6.45, 7) is 0. The van der Waals surface area contributed by atoms with Crippen LogP contribution >= 0.6 is 0 Å². The lowest BCUT2D eigenvalue weighted by atomic mass is 10.2. The van der Waals surface area contributed by atoms with E-state index in [1.165, 1.54) is 6.33 Å². The van der Waals surface area contributed by atoms with Crippen LogP contribution in [0.15, 0.2) is 35.2 Å². The van der Waals surface area contributed by atoms with Gasteiger partial charge >= 0.3 is 0 Å². The van der Waals surface area contributed by atoms with Gasteiger partial charge in [-0.25, -0.2) is 13.8 Å². The fourth-order valence-corrected chi connectivity index (χ4v) is 1.91. The SMILES string of the molecule is NC(Cc1cnc[nH]1)c1nc(-c2cc(F)cc(F)c2)no1. The van der Waals surface area contributed by atoms with Crippen LogP contribution in [-0.2, 0) is 6.42 Å². The van der Waals surface area contributed by atoms with Crippen LogP contribution < -0.4 is 5.73 Å². The van der Waals surface area contributed by atoms with Gasteiger partial charge in [0.05, 0.1) is 12.4 Å². The van der Waals surface area contributed by atoms with Crippen molar-refractivity contribution < 1.29 is 13.3 Å². The minimum atomic E-state index is -0.710. The molecule has 0 fully saturated rings. The summed E-state index contributed by atoms with van der Waals surface area (Å²) in [4.78, 5) is 10.9. The second-order valence-corrected chi connectivity index (χ2v) is 4.50. The number of H-pyrrole nitrogens is 1. The molecule has 3 aromatic rings. The van der Waals surface area contributed by atoms with Gasteiger partial charge in [0.2, 0.25) is 11.7 Å². The van der Waals surface area contributed by atoms with Crippen LogP contribution in [0.4, 0.5) is 8.78 Å². The van der Waals surface area contributed by atoms with Gasteiger partial charge < -0.3 is 15.2 Å². The number of nitrogens with zero attached hydrogens (tertiary/aromatic N) is 3. The number of halogens is 2. The fraction of sp³-hybridized carbons (Fsp3) is 0.154. The average molecular weight is 291 g/mol. The predicted molar refractivity (Wildman–Crippen MR) is 68.9 cm³/mol. The number of aromatic nitrogens is 4. The van der Waals surface area contributed by atoms with Crippen molar-refractivity contribution in [3.63, 3.8) is 0 Å². The molecule has 1 atom stereocenters. The highest BCUT2D eigenvalue weighted by Gasteiger charge is 2.17. The second-order valence-electron chi connectivity index (χ2n) is 4.50. The third-order valence-corrected chi connectivity index (χ3v) is 2.87. The molecular formula is C13H11F2N5O. The Kier molecular flexibility index (Phi) is 3.44. The van der Waals surface area contributed by atoms with Crippen LogP contribution in [0.5, 0.6) is 0 Å². The van der Waals surface area contributed by atoms with Crippen molar-refractivity contribution in [2.24, 2.45) is 5.73 Å². The first-order valence-corrected chi connectivity index (χ1v) is 6.15. The molecule has 2 aromatic heterocycles. The summed E-state index contributed by atoms with van der Waals surface area (Å²) in [5, 5.41) is 3.69. The molecule has 6 nitrogen and oxygen atoms in total. The monoisotopic (exact) mass is 291 g/mol. The maximum absolute atomic E-state index is 13.2. The molecule has 0 amide bonds. The quantitative estimate of drug-likeness (QED) is 0.766. The highest BCUT2D eigenvalue weighted by Crippen LogP contribution is 2.21. The molecule has 1 aromatic carbocycles. The van der Waals surface area contributed by atoms with Crippen molar-refractivity contribution in [3.05, 3.63) is 53.9 Å². The Morgan fingerprint density at radius 1 is 1.24 bits per heavy atom. The number of hydrogen-bond donors (Lipinski definition) is 2. The first kappa shape index (κ1) is 13.4. The zero-order chi connectivity index (χ0) is 14.8. The third-order valence-electron chi connectivity index (χ3n) is 2.87. The van der Waals surface area contributed by atoms with Crippen molar-refractivity contribution in [1.82, 2.24) is 20.1 Å². The van der Waals surface area contributed by atoms with Crippen LogP contribution in [0.3, 0.4) is 0 Å². The number of imidazole rings is 1. The van der Waals surface area contributed by atoms with Gasteiger partial charge in [-0.1, -0.05) is 5.16 Å². The summed E-state index contributed by atoms with van der Waals surface area (Å²) in [5.41, 5.74) is 6.95. The number of nitrogens with one attached hydrogen (secondary N) is 1. The summed E-state index contributed by atoms with van der Waals surface area (Å²) in [7, 11) is 0. The van der Waals surface area contributed by atoms with E-state index in [1.807, 2.05) is 0 Å². The summed E-state index contributed by atoms with van der Waals surface area (Å²) < 4.78 is 31.4. The van der Waals surface area contributed by atoms with Crippen LogP contribution in [0.1, 0.15) is 17.6 Å². The van der Waals surface area contributed by atoms with Crippen LogP contribution in [0, 0.1) is 11.6 Å². The smallest absolute Gasteiger partial charge is 0.244 e. The first-order chi connectivity index (χ1) is 10.1. The Bertz CT molecular complexity index is 721. The number of hydrogen-bond acceptors (Lipinski definition) is 5. The molecule has 0 saturated carbocycles. The Hall–Kier alpha value is -2.61. The van der Waals surface area contributed by atoms with Gasteiger partial charge in [0.25, 0.3) is 0 Å². The highest BCUT2D eigenvalue weighted by molar-refractivity contribution is 5.54. The molecule has 3 rings (SSSR count).